The minimum absolute atomic E-state index is 0.00475. The maximum absolute atomic E-state index is 13.3. The molecule has 1 unspecified atom stereocenters. The van der Waals surface area contributed by atoms with Crippen molar-refractivity contribution in [3.05, 3.63) is 88.3 Å². The van der Waals surface area contributed by atoms with E-state index in [9.17, 15) is 14.4 Å². The van der Waals surface area contributed by atoms with Gasteiger partial charge in [0, 0.05) is 57.9 Å². The molecule has 4 heterocycles. The first-order chi connectivity index (χ1) is 19.5. The first kappa shape index (κ1) is 28.3. The summed E-state index contributed by atoms with van der Waals surface area (Å²) in [6.07, 6.45) is 5.39. The predicted octanol–water partition coefficient (Wildman–Crippen LogP) is 4.92. The van der Waals surface area contributed by atoms with Gasteiger partial charge in [0.2, 0.25) is 11.8 Å². The van der Waals surface area contributed by atoms with Crippen LogP contribution in [0, 0.1) is 12.3 Å². The van der Waals surface area contributed by atoms with Crippen molar-refractivity contribution >= 4 is 34.2 Å². The van der Waals surface area contributed by atoms with Gasteiger partial charge in [0.1, 0.15) is 16.8 Å². The van der Waals surface area contributed by atoms with Crippen molar-refractivity contribution in [1.82, 2.24) is 14.5 Å². The van der Waals surface area contributed by atoms with Gasteiger partial charge in [0.05, 0.1) is 16.8 Å². The van der Waals surface area contributed by atoms with Crippen LogP contribution in [0.3, 0.4) is 0 Å². The average molecular weight is 556 g/mol. The first-order valence-electron chi connectivity index (χ1n) is 14.0. The number of fused-ring (bicyclic) bond motifs is 2. The molecule has 0 bridgehead atoms. The third kappa shape index (κ3) is 5.17. The molecular formula is C32H37N5O4. The highest BCUT2D eigenvalue weighted by Crippen LogP contribution is 2.39. The summed E-state index contributed by atoms with van der Waals surface area (Å²) in [5, 5.41) is 0.577. The Morgan fingerprint density at radius 3 is 2.54 bits per heavy atom. The molecule has 9 heteroatoms. The zero-order valence-electron chi connectivity index (χ0n) is 24.5. The highest BCUT2D eigenvalue weighted by molar-refractivity contribution is 6.19. The molecule has 9 nitrogen and oxygen atoms in total. The quantitative estimate of drug-likeness (QED) is 0.287. The van der Waals surface area contributed by atoms with E-state index in [0.717, 1.165) is 16.8 Å². The highest BCUT2D eigenvalue weighted by atomic mass is 16.3. The van der Waals surface area contributed by atoms with E-state index in [2.05, 4.69) is 16.8 Å². The molecule has 0 spiro atoms. The van der Waals surface area contributed by atoms with Crippen LogP contribution < -0.4 is 15.4 Å². The second-order valence-corrected chi connectivity index (χ2v) is 11.2. The number of carbonyl (C=O) groups is 2. The van der Waals surface area contributed by atoms with E-state index in [1.807, 2.05) is 56.4 Å². The lowest BCUT2D eigenvalue weighted by Gasteiger charge is -2.30. The van der Waals surface area contributed by atoms with Crippen LogP contribution in [-0.2, 0) is 22.7 Å². The summed E-state index contributed by atoms with van der Waals surface area (Å²) < 4.78 is 7.35. The lowest BCUT2D eigenvalue weighted by molar-refractivity contribution is -0.137. The van der Waals surface area contributed by atoms with Crippen LogP contribution in [-0.4, -0.2) is 46.4 Å². The number of aryl methyl sites for hydroxylation is 1. The van der Waals surface area contributed by atoms with Crippen LogP contribution in [0.4, 0.5) is 11.4 Å². The van der Waals surface area contributed by atoms with Gasteiger partial charge in [-0.3, -0.25) is 24.3 Å². The van der Waals surface area contributed by atoms with Crippen LogP contribution in [0.15, 0.2) is 70.3 Å². The summed E-state index contributed by atoms with van der Waals surface area (Å²) in [4.78, 5) is 49.7. The van der Waals surface area contributed by atoms with Crippen molar-refractivity contribution in [2.24, 2.45) is 5.41 Å². The van der Waals surface area contributed by atoms with E-state index >= 15 is 0 Å². The average Bonchev–Trinajstić information content (AvgIpc) is 3.35. The molecule has 1 atom stereocenters. The molecule has 0 saturated heterocycles. The van der Waals surface area contributed by atoms with Gasteiger partial charge in [0.25, 0.3) is 5.56 Å². The maximum atomic E-state index is 13.3. The van der Waals surface area contributed by atoms with Crippen LogP contribution in [0.5, 0.6) is 0 Å². The van der Waals surface area contributed by atoms with Gasteiger partial charge in [-0.25, -0.2) is 0 Å². The number of carbonyl (C=O) groups excluding carboxylic acids is 2. The van der Waals surface area contributed by atoms with E-state index in [1.54, 1.807) is 53.7 Å². The van der Waals surface area contributed by atoms with E-state index in [0.29, 0.717) is 48.6 Å². The Morgan fingerprint density at radius 2 is 1.83 bits per heavy atom. The van der Waals surface area contributed by atoms with E-state index in [-0.39, 0.29) is 23.4 Å². The summed E-state index contributed by atoms with van der Waals surface area (Å²) in [5.41, 5.74) is 2.85. The summed E-state index contributed by atoms with van der Waals surface area (Å²) in [6, 6.07) is 13.5. The van der Waals surface area contributed by atoms with Crippen molar-refractivity contribution < 1.29 is 14.0 Å². The molecule has 2 amide bonds. The number of hydrogen-bond acceptors (Lipinski definition) is 6. The Hall–Kier alpha value is -4.24. The van der Waals surface area contributed by atoms with Gasteiger partial charge >= 0.3 is 0 Å². The largest absolute Gasteiger partial charge is 0.461 e. The van der Waals surface area contributed by atoms with Crippen LogP contribution in [0.2, 0.25) is 0 Å². The SMILES string of the molecule is CCN1C(=O)C(C)(C)C(=O)N(C)c2cc(CN(CCn3ccc4oc(C)cc4c3=O)C(C)c3cccnc3)ccc21. The molecule has 0 saturated carbocycles. The number of anilines is 2. The van der Waals surface area contributed by atoms with Gasteiger partial charge in [0.15, 0.2) is 0 Å². The Bertz CT molecular complexity index is 1660. The Kier molecular flexibility index (Phi) is 7.57. The summed E-state index contributed by atoms with van der Waals surface area (Å²) in [6.45, 7) is 11.4. The topological polar surface area (TPSA) is 91.9 Å². The van der Waals surface area contributed by atoms with Crippen LogP contribution in [0.1, 0.15) is 50.6 Å². The Morgan fingerprint density at radius 1 is 1.05 bits per heavy atom. The maximum Gasteiger partial charge on any atom is 0.261 e. The van der Waals surface area contributed by atoms with Crippen LogP contribution >= 0.6 is 0 Å². The summed E-state index contributed by atoms with van der Waals surface area (Å²) in [7, 11) is 1.73. The fourth-order valence-corrected chi connectivity index (χ4v) is 5.64. The Labute approximate surface area is 240 Å². The van der Waals surface area contributed by atoms with Gasteiger partial charge in [-0.05, 0) is 76.1 Å². The number of aromatic nitrogens is 2. The van der Waals surface area contributed by atoms with Crippen molar-refractivity contribution in [2.75, 3.05) is 29.9 Å². The van der Waals surface area contributed by atoms with Gasteiger partial charge in [-0.2, -0.15) is 0 Å². The summed E-state index contributed by atoms with van der Waals surface area (Å²) in [5.74, 6) is 0.271. The van der Waals surface area contributed by atoms with Gasteiger partial charge in [-0.1, -0.05) is 12.1 Å². The number of pyridine rings is 2. The molecule has 0 fully saturated rings. The molecule has 0 radical (unpaired) electrons. The molecular weight excluding hydrogens is 518 g/mol. The lowest BCUT2D eigenvalue weighted by Crippen LogP contribution is -2.47. The van der Waals surface area contributed by atoms with Crippen molar-refractivity contribution in [1.29, 1.82) is 0 Å². The smallest absolute Gasteiger partial charge is 0.261 e. The summed E-state index contributed by atoms with van der Waals surface area (Å²) >= 11 is 0. The normalized spacial score (nSPS) is 15.9. The molecule has 1 aromatic carbocycles. The minimum Gasteiger partial charge on any atom is -0.461 e. The number of amides is 2. The highest BCUT2D eigenvalue weighted by Gasteiger charge is 2.45. The second-order valence-electron chi connectivity index (χ2n) is 11.2. The van der Waals surface area contributed by atoms with Crippen molar-refractivity contribution in [3.63, 3.8) is 0 Å². The monoisotopic (exact) mass is 555 g/mol. The fraction of sp³-hybridized carbons (Fsp3) is 0.375. The number of benzene rings is 1. The molecule has 1 aliphatic heterocycles. The Balaban J connectivity index is 1.48. The molecule has 5 rings (SSSR count). The molecule has 214 valence electrons. The minimum atomic E-state index is -1.16. The molecule has 0 aliphatic carbocycles. The predicted molar refractivity (Wildman–Crippen MR) is 160 cm³/mol. The fourth-order valence-electron chi connectivity index (χ4n) is 5.64. The molecule has 3 aromatic heterocycles. The first-order valence-corrected chi connectivity index (χ1v) is 14.0. The number of rotatable bonds is 8. The molecule has 0 N–H and O–H groups in total. The van der Waals surface area contributed by atoms with Crippen LogP contribution in [0.25, 0.3) is 11.0 Å². The second kappa shape index (κ2) is 11.0. The molecule has 41 heavy (non-hydrogen) atoms. The standard InChI is InChI=1S/C32H37N5O4/c1-7-37-26-11-10-23(18-27(26)34(6)30(39)32(4,5)31(37)40)20-36(22(3)24-9-8-13-33-19-24)16-15-35-14-12-28-25(29(35)38)17-21(2)41-28/h8-14,17-19,22H,7,15-16,20H2,1-6H3. The van der Waals surface area contributed by atoms with Crippen molar-refractivity contribution in [2.45, 2.75) is 53.8 Å². The molecule has 4 aromatic rings. The number of nitrogens with zero attached hydrogens (tertiary/aromatic N) is 5. The number of hydrogen-bond donors (Lipinski definition) is 0. The molecule has 1 aliphatic rings. The van der Waals surface area contributed by atoms with Gasteiger partial charge < -0.3 is 18.8 Å². The lowest BCUT2D eigenvalue weighted by atomic mass is 9.90. The van der Waals surface area contributed by atoms with E-state index in [1.165, 1.54) is 0 Å². The third-order valence-corrected chi connectivity index (χ3v) is 8.14. The zero-order chi connectivity index (χ0) is 29.5. The zero-order valence-corrected chi connectivity index (χ0v) is 24.5. The van der Waals surface area contributed by atoms with E-state index in [4.69, 9.17) is 4.42 Å². The van der Waals surface area contributed by atoms with Crippen molar-refractivity contribution in [3.8, 4) is 0 Å². The van der Waals surface area contributed by atoms with E-state index < -0.39 is 5.41 Å². The van der Waals surface area contributed by atoms with Gasteiger partial charge in [-0.15, -0.1) is 0 Å². The third-order valence-electron chi connectivity index (χ3n) is 8.14. The number of furan rings is 1.